The van der Waals surface area contributed by atoms with Crippen molar-refractivity contribution in [1.29, 1.82) is 0 Å². The molecule has 0 unspecified atom stereocenters. The van der Waals surface area contributed by atoms with E-state index in [0.29, 0.717) is 0 Å². The van der Waals surface area contributed by atoms with Crippen molar-refractivity contribution in [1.82, 2.24) is 0 Å². The first kappa shape index (κ1) is 11.9. The molecule has 0 aromatic heterocycles. The normalized spacial score (nSPS) is 11.5. The number of carbonyl (C=O) groups excluding carboxylic acids is 1. The first-order valence-corrected chi connectivity index (χ1v) is 4.81. The molecule has 0 aromatic carbocycles. The fraction of sp³-hybridized carbons (Fsp3) is 0.545. The highest BCUT2D eigenvalue weighted by Crippen LogP contribution is 2.02. The van der Waals surface area contributed by atoms with E-state index < -0.39 is 5.97 Å². The summed E-state index contributed by atoms with van der Waals surface area (Å²) in [6.45, 7) is 2.18. The molecule has 0 saturated carbocycles. The molecule has 0 saturated heterocycles. The topological polar surface area (TPSA) is 40.1 Å². The fourth-order valence-electron chi connectivity index (χ4n) is 0.998. The predicted octanol–water partition coefficient (Wildman–Crippen LogP) is 1.82. The van der Waals surface area contributed by atoms with Crippen molar-refractivity contribution in [2.24, 2.45) is 0 Å². The van der Waals surface area contributed by atoms with Crippen molar-refractivity contribution >= 4 is 5.97 Å². The van der Waals surface area contributed by atoms with Crippen molar-refractivity contribution in [2.45, 2.75) is 39.0 Å². The Bertz CT molecular complexity index is 181. The zero-order valence-corrected chi connectivity index (χ0v) is 8.16. The number of unbranched alkanes of at least 4 members (excludes halogenated alkanes) is 4. The third-order valence-corrected chi connectivity index (χ3v) is 1.70. The first-order chi connectivity index (χ1) is 6.27. The molecule has 74 valence electrons. The molecule has 0 rings (SSSR count). The minimum absolute atomic E-state index is 1.03. The van der Waals surface area contributed by atoms with Gasteiger partial charge in [-0.1, -0.05) is 44.4 Å². The second-order valence-electron chi connectivity index (χ2n) is 2.96. The molecular formula is C11H17O2-. The molecule has 0 aliphatic rings. The van der Waals surface area contributed by atoms with Crippen molar-refractivity contribution in [3.63, 3.8) is 0 Å². The van der Waals surface area contributed by atoms with Gasteiger partial charge in [-0.2, -0.15) is 0 Å². The number of hydrogen-bond donors (Lipinski definition) is 0. The first-order valence-electron chi connectivity index (χ1n) is 4.81. The van der Waals surface area contributed by atoms with E-state index in [1.807, 2.05) is 6.08 Å². The molecule has 0 N–H and O–H groups in total. The molecule has 0 fully saturated rings. The molecule has 0 aromatic rings. The third-order valence-electron chi connectivity index (χ3n) is 1.70. The summed E-state index contributed by atoms with van der Waals surface area (Å²) >= 11 is 0. The predicted molar refractivity (Wildman–Crippen MR) is 52.0 cm³/mol. The second-order valence-corrected chi connectivity index (χ2v) is 2.96. The van der Waals surface area contributed by atoms with Crippen LogP contribution in [0.15, 0.2) is 24.3 Å². The average molecular weight is 181 g/mol. The van der Waals surface area contributed by atoms with Gasteiger partial charge in [-0.25, -0.2) is 0 Å². The van der Waals surface area contributed by atoms with E-state index in [0.717, 1.165) is 12.5 Å². The minimum Gasteiger partial charge on any atom is -0.545 e. The van der Waals surface area contributed by atoms with Crippen molar-refractivity contribution in [2.75, 3.05) is 0 Å². The van der Waals surface area contributed by atoms with Gasteiger partial charge >= 0.3 is 0 Å². The van der Waals surface area contributed by atoms with Gasteiger partial charge in [0.1, 0.15) is 0 Å². The molecule has 0 aliphatic carbocycles. The number of carboxylic acids is 1. The number of allylic oxidation sites excluding steroid dienone is 3. The van der Waals surface area contributed by atoms with E-state index in [1.54, 1.807) is 6.08 Å². The van der Waals surface area contributed by atoms with Gasteiger partial charge in [0.25, 0.3) is 0 Å². The van der Waals surface area contributed by atoms with Crippen LogP contribution in [0.3, 0.4) is 0 Å². The highest BCUT2D eigenvalue weighted by molar-refractivity contribution is 5.77. The summed E-state index contributed by atoms with van der Waals surface area (Å²) in [5.41, 5.74) is 0. The molecule has 0 aliphatic heterocycles. The molecule has 0 radical (unpaired) electrons. The van der Waals surface area contributed by atoms with Gasteiger partial charge in [0.15, 0.2) is 0 Å². The summed E-state index contributed by atoms with van der Waals surface area (Å²) in [7, 11) is 0. The summed E-state index contributed by atoms with van der Waals surface area (Å²) in [4.78, 5) is 9.94. The van der Waals surface area contributed by atoms with Gasteiger partial charge < -0.3 is 9.90 Å². The SMILES string of the molecule is CCCCCC/C=C/C=C/C(=O)[O-]. The van der Waals surface area contributed by atoms with Crippen molar-refractivity contribution in [3.8, 4) is 0 Å². The van der Waals surface area contributed by atoms with Crippen LogP contribution >= 0.6 is 0 Å². The Labute approximate surface area is 80.0 Å². The van der Waals surface area contributed by atoms with Crippen LogP contribution in [-0.4, -0.2) is 5.97 Å². The molecule has 13 heavy (non-hydrogen) atoms. The van der Waals surface area contributed by atoms with Crippen LogP contribution in [0.5, 0.6) is 0 Å². The lowest BCUT2D eigenvalue weighted by molar-refractivity contribution is -0.297. The number of carbonyl (C=O) groups is 1. The second kappa shape index (κ2) is 9.04. The Morgan fingerprint density at radius 3 is 2.62 bits per heavy atom. The highest BCUT2D eigenvalue weighted by Gasteiger charge is 1.82. The maximum absolute atomic E-state index is 9.94. The zero-order chi connectivity index (χ0) is 9.94. The van der Waals surface area contributed by atoms with E-state index in [9.17, 15) is 9.90 Å². The molecule has 0 amide bonds. The van der Waals surface area contributed by atoms with Crippen LogP contribution < -0.4 is 5.11 Å². The van der Waals surface area contributed by atoms with Crippen LogP contribution in [0.1, 0.15) is 39.0 Å². The molecule has 2 heteroatoms. The smallest absolute Gasteiger partial charge is 0.0642 e. The van der Waals surface area contributed by atoms with Gasteiger partial charge in [-0.05, 0) is 18.9 Å². The number of aliphatic carboxylic acids is 1. The van der Waals surface area contributed by atoms with Crippen LogP contribution in [0.4, 0.5) is 0 Å². The Morgan fingerprint density at radius 2 is 2.00 bits per heavy atom. The molecule has 0 heterocycles. The number of hydrogen-bond acceptors (Lipinski definition) is 2. The molecule has 0 atom stereocenters. The van der Waals surface area contributed by atoms with E-state index >= 15 is 0 Å². The Balaban J connectivity index is 3.26. The van der Waals surface area contributed by atoms with Crippen molar-refractivity contribution < 1.29 is 9.90 Å². The standard InChI is InChI=1S/C11H18O2/c1-2-3-4-5-6-7-8-9-10-11(12)13/h7-10H,2-6H2,1H3,(H,12,13)/p-1/b8-7+,10-9+. The summed E-state index contributed by atoms with van der Waals surface area (Å²) in [5.74, 6) is -1.14. The largest absolute Gasteiger partial charge is 0.545 e. The molecule has 0 spiro atoms. The third kappa shape index (κ3) is 10.9. The average Bonchev–Trinajstić information content (AvgIpc) is 2.09. The van der Waals surface area contributed by atoms with Gasteiger partial charge in [0.2, 0.25) is 0 Å². The maximum atomic E-state index is 9.94. The monoisotopic (exact) mass is 181 g/mol. The lowest BCUT2D eigenvalue weighted by atomic mass is 10.1. The highest BCUT2D eigenvalue weighted by atomic mass is 16.4. The quantitative estimate of drug-likeness (QED) is 0.341. The summed E-state index contributed by atoms with van der Waals surface area (Å²) in [6.07, 6.45) is 12.2. The van der Waals surface area contributed by atoms with Crippen LogP contribution in [-0.2, 0) is 4.79 Å². The zero-order valence-electron chi connectivity index (χ0n) is 8.16. The van der Waals surface area contributed by atoms with E-state index in [2.05, 4.69) is 6.92 Å². The fourth-order valence-corrected chi connectivity index (χ4v) is 0.998. The van der Waals surface area contributed by atoms with E-state index in [-0.39, 0.29) is 0 Å². The Hall–Kier alpha value is -1.05. The molecular weight excluding hydrogens is 164 g/mol. The molecule has 0 bridgehead atoms. The van der Waals surface area contributed by atoms with Gasteiger partial charge in [-0.3, -0.25) is 0 Å². The number of carboxylic acid groups (broad SMARTS) is 1. The van der Waals surface area contributed by atoms with E-state index in [1.165, 1.54) is 31.8 Å². The van der Waals surface area contributed by atoms with Crippen LogP contribution in [0, 0.1) is 0 Å². The van der Waals surface area contributed by atoms with Crippen LogP contribution in [0.2, 0.25) is 0 Å². The van der Waals surface area contributed by atoms with Crippen LogP contribution in [0.25, 0.3) is 0 Å². The Kier molecular flexibility index (Phi) is 8.31. The minimum atomic E-state index is -1.14. The molecule has 2 nitrogen and oxygen atoms in total. The lowest BCUT2D eigenvalue weighted by Gasteiger charge is -1.93. The number of rotatable bonds is 7. The van der Waals surface area contributed by atoms with Crippen molar-refractivity contribution in [3.05, 3.63) is 24.3 Å². The van der Waals surface area contributed by atoms with Gasteiger partial charge in [-0.15, -0.1) is 0 Å². The summed E-state index contributed by atoms with van der Waals surface area (Å²) in [5, 5.41) is 9.94. The Morgan fingerprint density at radius 1 is 1.23 bits per heavy atom. The maximum Gasteiger partial charge on any atom is 0.0642 e. The van der Waals surface area contributed by atoms with Gasteiger partial charge in [0, 0.05) is 0 Å². The summed E-state index contributed by atoms with van der Waals surface area (Å²) < 4.78 is 0. The van der Waals surface area contributed by atoms with Gasteiger partial charge in [0.05, 0.1) is 5.97 Å². The summed E-state index contributed by atoms with van der Waals surface area (Å²) in [6, 6.07) is 0. The lowest BCUT2D eigenvalue weighted by Crippen LogP contribution is -2.18. The van der Waals surface area contributed by atoms with E-state index in [4.69, 9.17) is 0 Å².